The van der Waals surface area contributed by atoms with E-state index in [4.69, 9.17) is 0 Å². The minimum atomic E-state index is -3.51. The lowest BCUT2D eigenvalue weighted by Crippen LogP contribution is -2.52. The van der Waals surface area contributed by atoms with Crippen LogP contribution in [0.2, 0.25) is 0 Å². The van der Waals surface area contributed by atoms with Gasteiger partial charge in [-0.1, -0.05) is 49.6 Å². The van der Waals surface area contributed by atoms with E-state index in [1.807, 2.05) is 30.3 Å². The number of carbonyl (C=O) groups excluding carboxylic acids is 1. The van der Waals surface area contributed by atoms with Crippen LogP contribution in [0.15, 0.2) is 30.3 Å². The van der Waals surface area contributed by atoms with E-state index in [1.54, 1.807) is 11.4 Å². The summed E-state index contributed by atoms with van der Waals surface area (Å²) in [5.41, 5.74) is 1.04. The van der Waals surface area contributed by atoms with Gasteiger partial charge in [-0.3, -0.25) is 4.79 Å². The molecule has 1 heterocycles. The van der Waals surface area contributed by atoms with E-state index < -0.39 is 10.2 Å². The summed E-state index contributed by atoms with van der Waals surface area (Å²) in [5.74, 6) is -0.337. The second kappa shape index (κ2) is 9.17. The minimum Gasteiger partial charge on any atom is -0.352 e. The molecule has 1 amide bonds. The summed E-state index contributed by atoms with van der Waals surface area (Å²) in [7, 11) is -1.81. The summed E-state index contributed by atoms with van der Waals surface area (Å²) in [6, 6.07) is 9.86. The van der Waals surface area contributed by atoms with Crippen LogP contribution in [0.5, 0.6) is 0 Å². The van der Waals surface area contributed by atoms with Crippen molar-refractivity contribution in [2.45, 2.75) is 57.5 Å². The van der Waals surface area contributed by atoms with Gasteiger partial charge in [0.2, 0.25) is 5.91 Å². The predicted octanol–water partition coefficient (Wildman–Crippen LogP) is 2.52. The van der Waals surface area contributed by atoms with E-state index in [2.05, 4.69) is 5.32 Å². The Morgan fingerprint density at radius 3 is 2.52 bits per heavy atom. The number of rotatable bonds is 6. The standard InChI is InChI=1S/C20H31N3O3S/c1-22(19-12-6-3-7-13-19)27(25,26)23-14-8-11-18(16-23)20(24)21-15-17-9-4-2-5-10-17/h2,4-5,9-10,18-19H,3,6-8,11-16H2,1H3,(H,21,24). The summed E-state index contributed by atoms with van der Waals surface area (Å²) < 4.78 is 29.2. The third-order valence-corrected chi connectivity index (χ3v) is 7.85. The molecule has 2 aliphatic rings. The van der Waals surface area contributed by atoms with E-state index in [0.717, 1.165) is 44.1 Å². The number of amides is 1. The Morgan fingerprint density at radius 1 is 1.11 bits per heavy atom. The molecular formula is C20H31N3O3S. The molecule has 1 aromatic carbocycles. The topological polar surface area (TPSA) is 69.7 Å². The van der Waals surface area contributed by atoms with Crippen LogP contribution in [0.4, 0.5) is 0 Å². The predicted molar refractivity (Wildman–Crippen MR) is 106 cm³/mol. The van der Waals surface area contributed by atoms with Crippen LogP contribution in [0.1, 0.15) is 50.5 Å². The second-order valence-electron chi connectivity index (χ2n) is 7.72. The highest BCUT2D eigenvalue weighted by Crippen LogP contribution is 2.27. The molecule has 1 saturated carbocycles. The van der Waals surface area contributed by atoms with E-state index in [-0.39, 0.29) is 24.4 Å². The van der Waals surface area contributed by atoms with Crippen molar-refractivity contribution in [3.8, 4) is 0 Å². The minimum absolute atomic E-state index is 0.0564. The largest absolute Gasteiger partial charge is 0.352 e. The summed E-state index contributed by atoms with van der Waals surface area (Å²) in [6.07, 6.45) is 6.71. The van der Waals surface area contributed by atoms with Gasteiger partial charge in [-0.15, -0.1) is 0 Å². The van der Waals surface area contributed by atoms with Crippen molar-refractivity contribution in [3.63, 3.8) is 0 Å². The van der Waals surface area contributed by atoms with Gasteiger partial charge < -0.3 is 5.32 Å². The van der Waals surface area contributed by atoms with Crippen LogP contribution in [0, 0.1) is 5.92 Å². The zero-order valence-electron chi connectivity index (χ0n) is 16.1. The quantitative estimate of drug-likeness (QED) is 0.807. The Morgan fingerprint density at radius 2 is 1.81 bits per heavy atom. The first kappa shape index (κ1) is 20.3. The van der Waals surface area contributed by atoms with Gasteiger partial charge >= 0.3 is 0 Å². The second-order valence-corrected chi connectivity index (χ2v) is 9.70. The van der Waals surface area contributed by atoms with Gasteiger partial charge in [0.05, 0.1) is 5.92 Å². The zero-order valence-corrected chi connectivity index (χ0v) is 17.0. The molecule has 0 bridgehead atoms. The Hall–Kier alpha value is -1.44. The summed E-state index contributed by atoms with van der Waals surface area (Å²) >= 11 is 0. The molecule has 3 rings (SSSR count). The number of nitrogens with zero attached hydrogens (tertiary/aromatic N) is 2. The van der Waals surface area contributed by atoms with Crippen LogP contribution >= 0.6 is 0 Å². The Kier molecular flexibility index (Phi) is 6.89. The van der Waals surface area contributed by atoms with Crippen LogP contribution in [0.25, 0.3) is 0 Å². The van der Waals surface area contributed by atoms with Crippen molar-refractivity contribution in [3.05, 3.63) is 35.9 Å². The smallest absolute Gasteiger partial charge is 0.281 e. The Labute approximate surface area is 163 Å². The van der Waals surface area contributed by atoms with Gasteiger partial charge in [0.15, 0.2) is 0 Å². The summed E-state index contributed by atoms with van der Waals surface area (Å²) in [4.78, 5) is 12.6. The number of piperidine rings is 1. The lowest BCUT2D eigenvalue weighted by molar-refractivity contribution is -0.126. The van der Waals surface area contributed by atoms with Crippen LogP contribution < -0.4 is 5.32 Å². The maximum atomic E-state index is 13.1. The molecule has 1 unspecified atom stereocenters. The third-order valence-electron chi connectivity index (χ3n) is 5.84. The van der Waals surface area contributed by atoms with Gasteiger partial charge in [0.25, 0.3) is 10.2 Å². The van der Waals surface area contributed by atoms with Gasteiger partial charge in [0.1, 0.15) is 0 Å². The molecule has 1 saturated heterocycles. The fourth-order valence-electron chi connectivity index (χ4n) is 4.11. The van der Waals surface area contributed by atoms with Gasteiger partial charge in [-0.25, -0.2) is 0 Å². The van der Waals surface area contributed by atoms with Crippen molar-refractivity contribution in [2.75, 3.05) is 20.1 Å². The number of hydrogen-bond donors (Lipinski definition) is 1. The van der Waals surface area contributed by atoms with Crippen LogP contribution in [0.3, 0.4) is 0 Å². The Bertz CT molecular complexity index is 717. The highest BCUT2D eigenvalue weighted by molar-refractivity contribution is 7.86. The monoisotopic (exact) mass is 393 g/mol. The molecular weight excluding hydrogens is 362 g/mol. The molecule has 1 aliphatic carbocycles. The summed E-state index contributed by atoms with van der Waals surface area (Å²) in [5, 5.41) is 2.96. The van der Waals surface area contributed by atoms with Crippen molar-refractivity contribution >= 4 is 16.1 Å². The fraction of sp³-hybridized carbons (Fsp3) is 0.650. The molecule has 7 heteroatoms. The van der Waals surface area contributed by atoms with E-state index in [0.29, 0.717) is 13.1 Å². The number of hydrogen-bond acceptors (Lipinski definition) is 3. The van der Waals surface area contributed by atoms with E-state index in [9.17, 15) is 13.2 Å². The molecule has 27 heavy (non-hydrogen) atoms. The number of nitrogens with one attached hydrogen (secondary N) is 1. The van der Waals surface area contributed by atoms with Crippen molar-refractivity contribution in [1.82, 2.24) is 13.9 Å². The third kappa shape index (κ3) is 5.09. The van der Waals surface area contributed by atoms with Crippen molar-refractivity contribution < 1.29 is 13.2 Å². The maximum absolute atomic E-state index is 13.1. The molecule has 150 valence electrons. The molecule has 6 nitrogen and oxygen atoms in total. The molecule has 0 aromatic heterocycles. The lowest BCUT2D eigenvalue weighted by Gasteiger charge is -2.37. The first-order valence-electron chi connectivity index (χ1n) is 10.0. The van der Waals surface area contributed by atoms with Crippen molar-refractivity contribution in [1.29, 1.82) is 0 Å². The van der Waals surface area contributed by atoms with Crippen LogP contribution in [-0.4, -0.2) is 49.1 Å². The normalized spacial score (nSPS) is 22.7. The molecule has 2 fully saturated rings. The first-order chi connectivity index (χ1) is 13.0. The fourth-order valence-corrected chi connectivity index (χ4v) is 5.79. The maximum Gasteiger partial charge on any atom is 0.281 e. The average Bonchev–Trinajstić information content (AvgIpc) is 2.73. The zero-order chi connectivity index (χ0) is 19.3. The first-order valence-corrected chi connectivity index (χ1v) is 11.4. The molecule has 1 aromatic rings. The number of benzene rings is 1. The average molecular weight is 394 g/mol. The summed E-state index contributed by atoms with van der Waals surface area (Å²) in [6.45, 7) is 1.26. The molecule has 0 spiro atoms. The van der Waals surface area contributed by atoms with E-state index in [1.165, 1.54) is 10.7 Å². The van der Waals surface area contributed by atoms with Gasteiger partial charge in [0, 0.05) is 32.7 Å². The van der Waals surface area contributed by atoms with Crippen LogP contribution in [-0.2, 0) is 21.5 Å². The molecule has 0 radical (unpaired) electrons. The van der Waals surface area contributed by atoms with Crippen molar-refractivity contribution in [2.24, 2.45) is 5.92 Å². The Balaban J connectivity index is 1.58. The molecule has 1 N–H and O–H groups in total. The highest BCUT2D eigenvalue weighted by atomic mass is 32.2. The highest BCUT2D eigenvalue weighted by Gasteiger charge is 2.37. The van der Waals surface area contributed by atoms with Gasteiger partial charge in [-0.2, -0.15) is 17.0 Å². The lowest BCUT2D eigenvalue weighted by atomic mass is 9.96. The number of carbonyl (C=O) groups is 1. The van der Waals surface area contributed by atoms with E-state index >= 15 is 0 Å². The van der Waals surface area contributed by atoms with Gasteiger partial charge in [-0.05, 0) is 31.2 Å². The molecule has 1 atom stereocenters. The molecule has 1 aliphatic heterocycles. The SMILES string of the molecule is CN(C1CCCCC1)S(=O)(=O)N1CCCC(C(=O)NCc2ccccc2)C1.